The number of aliphatic imine (C=N–C) groups is 1. The van der Waals surface area contributed by atoms with Crippen LogP contribution in [0.4, 0.5) is 0 Å². The number of hydrogen-bond acceptors (Lipinski definition) is 3. The molecule has 1 aliphatic rings. The molecule has 1 saturated heterocycles. The quantitative estimate of drug-likeness (QED) is 0.437. The van der Waals surface area contributed by atoms with Crippen LogP contribution >= 0.6 is 24.0 Å². The van der Waals surface area contributed by atoms with E-state index in [1.807, 2.05) is 13.1 Å². The smallest absolute Gasteiger partial charge is 0.194 e. The van der Waals surface area contributed by atoms with Crippen LogP contribution in [0.3, 0.4) is 0 Å². The molecule has 1 atom stereocenters. The van der Waals surface area contributed by atoms with Gasteiger partial charge in [0.2, 0.25) is 0 Å². The summed E-state index contributed by atoms with van der Waals surface area (Å²) in [5.74, 6) is 2.65. The maximum atomic E-state index is 5.49. The van der Waals surface area contributed by atoms with Crippen molar-refractivity contribution < 1.29 is 4.74 Å². The predicted molar refractivity (Wildman–Crippen MR) is 110 cm³/mol. The molecule has 1 aliphatic heterocycles. The van der Waals surface area contributed by atoms with E-state index in [-0.39, 0.29) is 24.0 Å². The zero-order valence-electron chi connectivity index (χ0n) is 15.6. The lowest BCUT2D eigenvalue weighted by atomic mass is 10.0. The first-order chi connectivity index (χ1) is 11.1. The van der Waals surface area contributed by atoms with Gasteiger partial charge in [-0.3, -0.25) is 4.98 Å². The molecule has 2 rings (SSSR count). The second-order valence-electron chi connectivity index (χ2n) is 6.41. The molecule has 1 unspecified atom stereocenters. The fourth-order valence-corrected chi connectivity index (χ4v) is 3.19. The van der Waals surface area contributed by atoms with Gasteiger partial charge >= 0.3 is 0 Å². The Labute approximate surface area is 163 Å². The summed E-state index contributed by atoms with van der Waals surface area (Å²) in [5.41, 5.74) is 3.13. The Morgan fingerprint density at radius 3 is 2.83 bits per heavy atom. The third-order valence-electron chi connectivity index (χ3n) is 4.42. The van der Waals surface area contributed by atoms with E-state index < -0.39 is 0 Å². The number of guanidine groups is 1. The molecule has 0 bridgehead atoms. The second-order valence-corrected chi connectivity index (χ2v) is 6.41. The first-order valence-electron chi connectivity index (χ1n) is 8.59. The maximum absolute atomic E-state index is 5.49. The summed E-state index contributed by atoms with van der Waals surface area (Å²) < 4.78 is 5.49. The minimum atomic E-state index is 0. The summed E-state index contributed by atoms with van der Waals surface area (Å²) in [7, 11) is 1.71. The lowest BCUT2D eigenvalue weighted by Crippen LogP contribution is -2.46. The van der Waals surface area contributed by atoms with Crippen molar-refractivity contribution in [2.24, 2.45) is 10.9 Å². The number of ether oxygens (including phenoxy) is 1. The van der Waals surface area contributed by atoms with Gasteiger partial charge in [0.25, 0.3) is 0 Å². The van der Waals surface area contributed by atoms with Crippen molar-refractivity contribution in [3.8, 4) is 5.75 Å². The second kappa shape index (κ2) is 10.1. The van der Waals surface area contributed by atoms with Crippen molar-refractivity contribution in [1.29, 1.82) is 0 Å². The summed E-state index contributed by atoms with van der Waals surface area (Å²) in [6, 6.07) is 0. The summed E-state index contributed by atoms with van der Waals surface area (Å²) >= 11 is 0. The first kappa shape index (κ1) is 21.0. The Morgan fingerprint density at radius 2 is 2.21 bits per heavy atom. The molecule has 0 saturated carbocycles. The van der Waals surface area contributed by atoms with Crippen LogP contribution in [-0.4, -0.2) is 42.6 Å². The maximum Gasteiger partial charge on any atom is 0.194 e. The molecule has 136 valence electrons. The molecule has 0 aromatic carbocycles. The molecular formula is C18H31IN4O. The predicted octanol–water partition coefficient (Wildman–Crippen LogP) is 3.52. The van der Waals surface area contributed by atoms with Crippen molar-refractivity contribution >= 4 is 29.9 Å². The third-order valence-corrected chi connectivity index (χ3v) is 4.42. The van der Waals surface area contributed by atoms with Gasteiger partial charge in [0.15, 0.2) is 5.96 Å². The number of rotatable bonds is 4. The van der Waals surface area contributed by atoms with Gasteiger partial charge in [0.1, 0.15) is 5.75 Å². The van der Waals surface area contributed by atoms with E-state index in [0.29, 0.717) is 6.54 Å². The molecule has 24 heavy (non-hydrogen) atoms. The normalized spacial score (nSPS) is 18.1. The number of pyridine rings is 1. The van der Waals surface area contributed by atoms with Gasteiger partial charge in [0.05, 0.1) is 19.3 Å². The summed E-state index contributed by atoms with van der Waals surface area (Å²) in [6.45, 7) is 12.1. The molecule has 1 aromatic rings. The molecule has 1 N–H and O–H groups in total. The van der Waals surface area contributed by atoms with E-state index in [0.717, 1.165) is 54.1 Å². The highest BCUT2D eigenvalue weighted by Crippen LogP contribution is 2.24. The van der Waals surface area contributed by atoms with Crippen LogP contribution in [0.1, 0.15) is 43.5 Å². The third kappa shape index (κ3) is 5.22. The van der Waals surface area contributed by atoms with Crippen LogP contribution in [0, 0.1) is 19.8 Å². The van der Waals surface area contributed by atoms with Gasteiger partial charge in [0, 0.05) is 37.0 Å². The topological polar surface area (TPSA) is 49.8 Å². The van der Waals surface area contributed by atoms with Gasteiger partial charge in [-0.15, -0.1) is 24.0 Å². The largest absolute Gasteiger partial charge is 0.496 e. The molecule has 0 amide bonds. The molecular weight excluding hydrogens is 415 g/mol. The Balaban J connectivity index is 0.00000288. The Morgan fingerprint density at radius 1 is 1.46 bits per heavy atom. The number of methoxy groups -OCH3 is 1. The molecule has 0 spiro atoms. The van der Waals surface area contributed by atoms with E-state index in [2.05, 4.69) is 36.0 Å². The lowest BCUT2D eigenvalue weighted by Gasteiger charge is -2.33. The number of likely N-dealkylation sites (tertiary alicyclic amines) is 1. The fraction of sp³-hybridized carbons (Fsp3) is 0.667. The van der Waals surface area contributed by atoms with E-state index in [1.54, 1.807) is 7.11 Å². The number of aromatic nitrogens is 1. The molecule has 6 heteroatoms. The molecule has 2 heterocycles. The average molecular weight is 446 g/mol. The van der Waals surface area contributed by atoms with Crippen molar-refractivity contribution in [3.63, 3.8) is 0 Å². The Kier molecular flexibility index (Phi) is 8.80. The molecule has 1 fully saturated rings. The highest BCUT2D eigenvalue weighted by atomic mass is 127. The Bertz CT molecular complexity index is 562. The zero-order chi connectivity index (χ0) is 16.8. The average Bonchev–Trinajstić information content (AvgIpc) is 2.53. The molecule has 0 aliphatic carbocycles. The van der Waals surface area contributed by atoms with Crippen LogP contribution in [0.2, 0.25) is 0 Å². The summed E-state index contributed by atoms with van der Waals surface area (Å²) in [5, 5.41) is 3.42. The van der Waals surface area contributed by atoms with E-state index in [9.17, 15) is 0 Å². The van der Waals surface area contributed by atoms with Crippen molar-refractivity contribution in [2.75, 3.05) is 26.7 Å². The van der Waals surface area contributed by atoms with Crippen LogP contribution < -0.4 is 10.1 Å². The van der Waals surface area contributed by atoms with E-state index in [1.165, 1.54) is 12.8 Å². The standard InChI is InChI=1S/C18H30N4O.HI/c1-6-19-18(22-9-7-8-13(2)12-22)21-11-16-15(4)17(23-5)14(3)10-20-16;/h10,13H,6-9,11-12H2,1-5H3,(H,19,21);1H. The minimum absolute atomic E-state index is 0. The molecule has 1 aromatic heterocycles. The minimum Gasteiger partial charge on any atom is -0.496 e. The van der Waals surface area contributed by atoms with Crippen LogP contribution in [0.5, 0.6) is 5.75 Å². The monoisotopic (exact) mass is 446 g/mol. The van der Waals surface area contributed by atoms with Crippen molar-refractivity contribution in [2.45, 2.75) is 47.1 Å². The number of hydrogen-bond donors (Lipinski definition) is 1. The Hall–Kier alpha value is -1.05. The van der Waals surface area contributed by atoms with Crippen LogP contribution in [0.15, 0.2) is 11.2 Å². The number of piperidine rings is 1. The molecule has 0 radical (unpaired) electrons. The van der Waals surface area contributed by atoms with Gasteiger partial charge in [-0.05, 0) is 39.5 Å². The van der Waals surface area contributed by atoms with Crippen molar-refractivity contribution in [1.82, 2.24) is 15.2 Å². The SMILES string of the molecule is CCNC(=NCc1ncc(C)c(OC)c1C)N1CCCC(C)C1.I. The van der Waals surface area contributed by atoms with Gasteiger partial charge in [-0.2, -0.15) is 0 Å². The van der Waals surface area contributed by atoms with E-state index >= 15 is 0 Å². The fourth-order valence-electron chi connectivity index (χ4n) is 3.19. The highest BCUT2D eigenvalue weighted by Gasteiger charge is 2.19. The van der Waals surface area contributed by atoms with E-state index in [4.69, 9.17) is 9.73 Å². The van der Waals surface area contributed by atoms with Crippen LogP contribution in [-0.2, 0) is 6.54 Å². The number of nitrogens with one attached hydrogen (secondary N) is 1. The number of nitrogens with zero attached hydrogens (tertiary/aromatic N) is 3. The number of halogens is 1. The van der Waals surface area contributed by atoms with Gasteiger partial charge < -0.3 is 15.0 Å². The molecule has 5 nitrogen and oxygen atoms in total. The van der Waals surface area contributed by atoms with Gasteiger partial charge in [-0.1, -0.05) is 6.92 Å². The zero-order valence-corrected chi connectivity index (χ0v) is 17.9. The van der Waals surface area contributed by atoms with Crippen LogP contribution in [0.25, 0.3) is 0 Å². The highest BCUT2D eigenvalue weighted by molar-refractivity contribution is 14.0. The van der Waals surface area contributed by atoms with Gasteiger partial charge in [-0.25, -0.2) is 4.99 Å². The summed E-state index contributed by atoms with van der Waals surface area (Å²) in [4.78, 5) is 11.7. The lowest BCUT2D eigenvalue weighted by molar-refractivity contribution is 0.266. The summed E-state index contributed by atoms with van der Waals surface area (Å²) in [6.07, 6.45) is 4.42. The number of aryl methyl sites for hydroxylation is 1. The first-order valence-corrected chi connectivity index (χ1v) is 8.59. The van der Waals surface area contributed by atoms with Crippen molar-refractivity contribution in [3.05, 3.63) is 23.0 Å².